The predicted octanol–water partition coefficient (Wildman–Crippen LogP) is 1.72. The number of carbonyl (C=O) groups excluding carboxylic acids is 1. The number of nitrogens with zero attached hydrogens (tertiary/aromatic N) is 4. The first-order valence-electron chi connectivity index (χ1n) is 11.9. The maximum atomic E-state index is 12.9. The highest BCUT2D eigenvalue weighted by Gasteiger charge is 2.38. The number of ketones is 1. The fourth-order valence-electron chi connectivity index (χ4n) is 4.90. The molecule has 3 heterocycles. The van der Waals surface area contributed by atoms with Gasteiger partial charge in [0.25, 0.3) is 0 Å². The van der Waals surface area contributed by atoms with Crippen LogP contribution in [-0.2, 0) is 25.8 Å². The van der Waals surface area contributed by atoms with Crippen LogP contribution in [0.3, 0.4) is 0 Å². The number of morpholine rings is 1. The van der Waals surface area contributed by atoms with Crippen LogP contribution >= 0.6 is 11.6 Å². The zero-order valence-electron chi connectivity index (χ0n) is 19.9. The van der Waals surface area contributed by atoms with Crippen LogP contribution < -0.4 is 10.6 Å². The van der Waals surface area contributed by atoms with E-state index in [1.807, 2.05) is 24.3 Å². The van der Waals surface area contributed by atoms with E-state index in [0.717, 1.165) is 32.4 Å². The van der Waals surface area contributed by atoms with Gasteiger partial charge in [-0.1, -0.05) is 23.7 Å². The fourth-order valence-corrected chi connectivity index (χ4v) is 5.70. The van der Waals surface area contributed by atoms with Crippen LogP contribution in [0.15, 0.2) is 24.3 Å². The average molecular weight is 525 g/mol. The van der Waals surface area contributed by atoms with Crippen molar-refractivity contribution in [1.82, 2.24) is 20.1 Å². The molecule has 192 valence electrons. The van der Waals surface area contributed by atoms with Gasteiger partial charge >= 0.3 is 0 Å². The first kappa shape index (κ1) is 25.9. The summed E-state index contributed by atoms with van der Waals surface area (Å²) in [5.74, 6) is 0.894. The van der Waals surface area contributed by atoms with E-state index in [4.69, 9.17) is 22.1 Å². The lowest BCUT2D eigenvalue weighted by Crippen LogP contribution is -2.58. The minimum Gasteiger partial charge on any atom is -0.368 e. The summed E-state index contributed by atoms with van der Waals surface area (Å²) >= 11 is 6.06. The largest absolute Gasteiger partial charge is 0.368 e. The number of nitrogens with two attached hydrogens (primary N) is 1. The zero-order chi connectivity index (χ0) is 25.0. The van der Waals surface area contributed by atoms with Crippen LogP contribution in [-0.4, -0.2) is 90.7 Å². The Bertz CT molecular complexity index is 1100. The third-order valence-electron chi connectivity index (χ3n) is 6.72. The molecule has 2 saturated heterocycles. The Kier molecular flexibility index (Phi) is 8.31. The summed E-state index contributed by atoms with van der Waals surface area (Å²) in [6.45, 7) is 2.54. The molecule has 0 unspecified atom stereocenters. The number of benzene rings is 1. The van der Waals surface area contributed by atoms with E-state index in [0.29, 0.717) is 36.5 Å². The van der Waals surface area contributed by atoms with Crippen LogP contribution in [0.4, 0.5) is 11.9 Å². The summed E-state index contributed by atoms with van der Waals surface area (Å²) in [5, 5.41) is 7.55. The standard InChI is InChI=1S/C23H33ClN6O4S/c1-35(32,33)12-2-3-20(31)21-14-30(19(15-34-21)13-16-4-6-17(24)7-5-16)18-8-10-29(11-9-18)23-26-22(25)27-28-23/h4-7,18-19,21H,2-3,8-15H2,1H3,(H3,25,26,27,28)/t19-,21+/m0/s1. The zero-order valence-corrected chi connectivity index (χ0v) is 21.5. The molecule has 0 aliphatic carbocycles. The summed E-state index contributed by atoms with van der Waals surface area (Å²) < 4.78 is 28.9. The molecule has 4 rings (SSSR count). The first-order chi connectivity index (χ1) is 16.7. The molecule has 0 radical (unpaired) electrons. The van der Waals surface area contributed by atoms with Crippen molar-refractivity contribution in [1.29, 1.82) is 0 Å². The van der Waals surface area contributed by atoms with E-state index in [1.54, 1.807) is 0 Å². The maximum absolute atomic E-state index is 12.9. The Labute approximate surface area is 211 Å². The predicted molar refractivity (Wildman–Crippen MR) is 135 cm³/mol. The van der Waals surface area contributed by atoms with Crippen LogP contribution in [0, 0.1) is 0 Å². The highest BCUT2D eigenvalue weighted by Crippen LogP contribution is 2.27. The molecule has 2 aromatic rings. The Morgan fingerprint density at radius 3 is 2.60 bits per heavy atom. The summed E-state index contributed by atoms with van der Waals surface area (Å²) in [6.07, 6.45) is 3.78. The van der Waals surface area contributed by atoms with E-state index >= 15 is 0 Å². The topological polar surface area (TPSA) is 135 Å². The molecule has 2 atom stereocenters. The normalized spacial score (nSPS) is 22.4. The lowest BCUT2D eigenvalue weighted by Gasteiger charge is -2.46. The van der Waals surface area contributed by atoms with E-state index in [1.165, 1.54) is 11.8 Å². The molecule has 0 saturated carbocycles. The van der Waals surface area contributed by atoms with Crippen molar-refractivity contribution in [3.8, 4) is 0 Å². The first-order valence-corrected chi connectivity index (χ1v) is 14.4. The van der Waals surface area contributed by atoms with Gasteiger partial charge in [0.2, 0.25) is 11.9 Å². The SMILES string of the molecule is CS(=O)(=O)CCCC(=O)[C@H]1CN(C2CCN(c3n[nH]c(N)n3)CC2)[C@@H](Cc2ccc(Cl)cc2)CO1. The quantitative estimate of drug-likeness (QED) is 0.502. The van der Waals surface area contributed by atoms with Crippen molar-refractivity contribution in [3.05, 3.63) is 34.9 Å². The Balaban J connectivity index is 1.42. The number of nitrogens with one attached hydrogen (secondary N) is 1. The smallest absolute Gasteiger partial charge is 0.246 e. The Hall–Kier alpha value is -2.21. The second kappa shape index (κ2) is 11.2. The number of rotatable bonds is 9. The molecule has 1 aromatic carbocycles. The molecule has 1 aromatic heterocycles. The molecule has 12 heteroatoms. The van der Waals surface area contributed by atoms with E-state index < -0.39 is 15.9 Å². The van der Waals surface area contributed by atoms with Crippen molar-refractivity contribution in [2.24, 2.45) is 0 Å². The van der Waals surface area contributed by atoms with E-state index in [2.05, 4.69) is 25.0 Å². The van der Waals surface area contributed by atoms with Gasteiger partial charge in [0.1, 0.15) is 15.9 Å². The maximum Gasteiger partial charge on any atom is 0.246 e. The molecule has 2 aliphatic heterocycles. The van der Waals surface area contributed by atoms with Crippen molar-refractivity contribution in [3.63, 3.8) is 0 Å². The summed E-state index contributed by atoms with van der Waals surface area (Å²) in [4.78, 5) is 21.6. The number of piperidine rings is 1. The van der Waals surface area contributed by atoms with Gasteiger partial charge in [-0.05, 0) is 43.4 Å². The third kappa shape index (κ3) is 7.16. The summed E-state index contributed by atoms with van der Waals surface area (Å²) in [6, 6.07) is 8.25. The molecule has 0 spiro atoms. The number of anilines is 2. The number of aromatic amines is 1. The number of carbonyl (C=O) groups is 1. The van der Waals surface area contributed by atoms with Crippen LogP contribution in [0.2, 0.25) is 5.02 Å². The van der Waals surface area contributed by atoms with Crippen molar-refractivity contribution in [2.45, 2.75) is 50.3 Å². The Morgan fingerprint density at radius 1 is 1.26 bits per heavy atom. The summed E-state index contributed by atoms with van der Waals surface area (Å²) in [5.41, 5.74) is 6.85. The second-order valence-corrected chi connectivity index (χ2v) is 12.1. The highest BCUT2D eigenvalue weighted by atomic mass is 35.5. The number of nitrogen functional groups attached to an aromatic ring is 1. The van der Waals surface area contributed by atoms with Gasteiger partial charge in [-0.3, -0.25) is 9.69 Å². The second-order valence-electron chi connectivity index (χ2n) is 9.44. The van der Waals surface area contributed by atoms with Gasteiger partial charge in [-0.25, -0.2) is 13.5 Å². The molecule has 35 heavy (non-hydrogen) atoms. The van der Waals surface area contributed by atoms with Gasteiger partial charge in [0, 0.05) is 49.4 Å². The number of H-pyrrole nitrogens is 1. The van der Waals surface area contributed by atoms with Crippen LogP contribution in [0.5, 0.6) is 0 Å². The molecule has 3 N–H and O–H groups in total. The highest BCUT2D eigenvalue weighted by molar-refractivity contribution is 7.90. The minimum absolute atomic E-state index is 0.0125. The van der Waals surface area contributed by atoms with Gasteiger partial charge in [0.05, 0.1) is 12.4 Å². The number of sulfone groups is 1. The van der Waals surface area contributed by atoms with Crippen LogP contribution in [0.25, 0.3) is 0 Å². The molecular weight excluding hydrogens is 492 g/mol. The number of aromatic nitrogens is 3. The monoisotopic (exact) mass is 524 g/mol. The van der Waals surface area contributed by atoms with Crippen molar-refractivity contribution in [2.75, 3.05) is 48.9 Å². The molecule has 2 fully saturated rings. The summed E-state index contributed by atoms with van der Waals surface area (Å²) in [7, 11) is -3.09. The molecule has 0 amide bonds. The molecular formula is C23H33ClN6O4S. The number of hydrogen-bond acceptors (Lipinski definition) is 9. The average Bonchev–Trinajstić information content (AvgIpc) is 3.26. The van der Waals surface area contributed by atoms with Crippen molar-refractivity contribution >= 4 is 39.1 Å². The van der Waals surface area contributed by atoms with Crippen LogP contribution in [0.1, 0.15) is 31.2 Å². The fraction of sp³-hybridized carbons (Fsp3) is 0.609. The lowest BCUT2D eigenvalue weighted by molar-refractivity contribution is -0.142. The van der Waals surface area contributed by atoms with Gasteiger partial charge in [-0.15, -0.1) is 5.10 Å². The van der Waals surface area contributed by atoms with E-state index in [9.17, 15) is 13.2 Å². The lowest BCUT2D eigenvalue weighted by atomic mass is 9.95. The number of Topliss-reactive ketones (excluding diaryl/α,β-unsaturated/α-hetero) is 1. The molecule has 2 aliphatic rings. The molecule has 0 bridgehead atoms. The molecule has 10 nitrogen and oxygen atoms in total. The van der Waals surface area contributed by atoms with Gasteiger partial charge in [0.15, 0.2) is 5.78 Å². The van der Waals surface area contributed by atoms with E-state index in [-0.39, 0.29) is 30.0 Å². The van der Waals surface area contributed by atoms with Gasteiger partial charge in [-0.2, -0.15) is 4.98 Å². The third-order valence-corrected chi connectivity index (χ3v) is 8.01. The number of ether oxygens (including phenoxy) is 1. The number of halogens is 1. The van der Waals surface area contributed by atoms with Crippen molar-refractivity contribution < 1.29 is 17.9 Å². The minimum atomic E-state index is -3.09. The Morgan fingerprint density at radius 2 is 1.97 bits per heavy atom. The number of hydrogen-bond donors (Lipinski definition) is 2. The van der Waals surface area contributed by atoms with Gasteiger partial charge < -0.3 is 15.4 Å².